The van der Waals surface area contributed by atoms with Gasteiger partial charge in [0.05, 0.1) is 9.75 Å². The lowest BCUT2D eigenvalue weighted by molar-refractivity contribution is 0.212. The Bertz CT molecular complexity index is 943. The van der Waals surface area contributed by atoms with Crippen LogP contribution in [-0.2, 0) is 9.75 Å². The van der Waals surface area contributed by atoms with Gasteiger partial charge < -0.3 is 0 Å². The van der Waals surface area contributed by atoms with E-state index in [1.807, 2.05) is 0 Å². The van der Waals surface area contributed by atoms with Crippen LogP contribution in [-0.4, -0.2) is 0 Å². The minimum atomic E-state index is -0.670. The van der Waals surface area contributed by atoms with Gasteiger partial charge >= 0.3 is 0 Å². The smallest absolute Gasteiger partial charge is 0.0984 e. The van der Waals surface area contributed by atoms with E-state index in [1.165, 1.54) is 33.4 Å². The number of rotatable bonds is 2. The topological polar surface area (TPSA) is 0 Å². The molecule has 2 aliphatic rings. The van der Waals surface area contributed by atoms with E-state index < -0.39 is 15.2 Å². The molecule has 0 spiro atoms. The van der Waals surface area contributed by atoms with Crippen LogP contribution in [0, 0.1) is 19.3 Å². The number of fused-ring (bicyclic) bond motifs is 2. The molecule has 0 saturated heterocycles. The van der Waals surface area contributed by atoms with Crippen molar-refractivity contribution in [3.8, 4) is 0 Å². The van der Waals surface area contributed by atoms with E-state index in [4.69, 9.17) is 23.2 Å². The van der Waals surface area contributed by atoms with E-state index in [1.54, 1.807) is 0 Å². The van der Waals surface area contributed by atoms with E-state index >= 15 is 0 Å². The Morgan fingerprint density at radius 2 is 1.04 bits per heavy atom. The lowest BCUT2D eigenvalue weighted by Gasteiger charge is -2.51. The minimum Gasteiger partial charge on any atom is -0.108 e. The fourth-order valence-electron chi connectivity index (χ4n) is 5.30. The molecule has 0 N–H and O–H groups in total. The summed E-state index contributed by atoms with van der Waals surface area (Å²) in [7, 11) is 0. The van der Waals surface area contributed by atoms with Gasteiger partial charge in [-0.15, -0.1) is 23.2 Å². The quantitative estimate of drug-likeness (QED) is 0.455. The lowest BCUT2D eigenvalue weighted by Crippen LogP contribution is -2.50. The van der Waals surface area contributed by atoms with Gasteiger partial charge in [0.25, 0.3) is 0 Å². The van der Waals surface area contributed by atoms with Gasteiger partial charge in [-0.3, -0.25) is 0 Å². The Labute approximate surface area is 172 Å². The van der Waals surface area contributed by atoms with Crippen molar-refractivity contribution >= 4 is 35.4 Å². The van der Waals surface area contributed by atoms with Crippen molar-refractivity contribution in [3.05, 3.63) is 80.9 Å². The Morgan fingerprint density at radius 3 is 1.41 bits per heavy atom. The van der Waals surface area contributed by atoms with Crippen LogP contribution in [0.2, 0.25) is 0 Å². The highest BCUT2D eigenvalue weighted by Crippen LogP contribution is 2.68. The largest absolute Gasteiger partial charge is 0.108 e. The Morgan fingerprint density at radius 1 is 0.667 bits per heavy atom. The summed E-state index contributed by atoms with van der Waals surface area (Å²) in [5, 5.41) is 0. The standard InChI is InChI=1S/C25H26Cl2/c1-15-9-7-11-21-19(15)13-17(3)24(21,26)23(5,6)25(27)18(4)14-20-16(2)10-8-12-22(20)25/h7-14H,1-6H3. The van der Waals surface area contributed by atoms with Gasteiger partial charge in [-0.1, -0.05) is 62.4 Å². The van der Waals surface area contributed by atoms with Crippen molar-refractivity contribution in [3.63, 3.8) is 0 Å². The second-order valence-electron chi connectivity index (χ2n) is 8.67. The molecule has 2 aromatic rings. The number of benzene rings is 2. The van der Waals surface area contributed by atoms with Crippen molar-refractivity contribution in [2.24, 2.45) is 5.41 Å². The summed E-state index contributed by atoms with van der Waals surface area (Å²) >= 11 is 15.2. The molecule has 2 heteroatoms. The third-order valence-corrected chi connectivity index (χ3v) is 8.87. The molecule has 0 bridgehead atoms. The molecular formula is C25H26Cl2. The first-order valence-electron chi connectivity index (χ1n) is 9.52. The predicted octanol–water partition coefficient (Wildman–Crippen LogP) is 7.73. The summed E-state index contributed by atoms with van der Waals surface area (Å²) in [4.78, 5) is -1.34. The number of halogens is 2. The zero-order chi connectivity index (χ0) is 19.8. The highest BCUT2D eigenvalue weighted by molar-refractivity contribution is 6.32. The fraction of sp³-hybridized carbons (Fsp3) is 0.360. The normalized spacial score (nSPS) is 26.5. The molecule has 2 aliphatic carbocycles. The maximum absolute atomic E-state index is 7.58. The van der Waals surface area contributed by atoms with Gasteiger partial charge in [0.1, 0.15) is 0 Å². The van der Waals surface area contributed by atoms with Crippen LogP contribution in [0.3, 0.4) is 0 Å². The molecule has 0 nitrogen and oxygen atoms in total. The van der Waals surface area contributed by atoms with Crippen LogP contribution in [0.1, 0.15) is 61.1 Å². The second kappa shape index (κ2) is 5.75. The van der Waals surface area contributed by atoms with Gasteiger partial charge in [-0.25, -0.2) is 0 Å². The molecule has 0 radical (unpaired) electrons. The molecule has 140 valence electrons. The van der Waals surface area contributed by atoms with Gasteiger partial charge in [0.2, 0.25) is 0 Å². The van der Waals surface area contributed by atoms with Gasteiger partial charge in [0, 0.05) is 5.41 Å². The molecular weight excluding hydrogens is 371 g/mol. The van der Waals surface area contributed by atoms with Crippen LogP contribution < -0.4 is 0 Å². The Hall–Kier alpha value is -1.50. The summed E-state index contributed by atoms with van der Waals surface area (Å²) in [5.74, 6) is 0. The molecule has 0 aromatic heterocycles. The van der Waals surface area contributed by atoms with Crippen LogP contribution in [0.5, 0.6) is 0 Å². The highest BCUT2D eigenvalue weighted by atomic mass is 35.5. The van der Waals surface area contributed by atoms with Crippen LogP contribution in [0.25, 0.3) is 12.2 Å². The van der Waals surface area contributed by atoms with E-state index in [-0.39, 0.29) is 0 Å². The first-order valence-corrected chi connectivity index (χ1v) is 10.3. The maximum atomic E-state index is 7.58. The zero-order valence-electron chi connectivity index (χ0n) is 16.9. The molecule has 27 heavy (non-hydrogen) atoms. The third kappa shape index (κ3) is 2.12. The number of allylic oxidation sites excluding steroid dienone is 2. The third-order valence-electron chi connectivity index (χ3n) is 6.92. The number of hydrogen-bond acceptors (Lipinski definition) is 0. The van der Waals surface area contributed by atoms with E-state index in [0.717, 1.165) is 11.1 Å². The molecule has 0 aliphatic heterocycles. The monoisotopic (exact) mass is 396 g/mol. The first-order chi connectivity index (χ1) is 12.6. The molecule has 0 fully saturated rings. The molecule has 0 amide bonds. The van der Waals surface area contributed by atoms with Crippen LogP contribution in [0.4, 0.5) is 0 Å². The van der Waals surface area contributed by atoms with Gasteiger partial charge in [0.15, 0.2) is 0 Å². The van der Waals surface area contributed by atoms with Crippen molar-refractivity contribution in [2.75, 3.05) is 0 Å². The van der Waals surface area contributed by atoms with Crippen molar-refractivity contribution in [2.45, 2.75) is 51.3 Å². The molecule has 4 rings (SSSR count). The first kappa shape index (κ1) is 18.8. The molecule has 2 unspecified atom stereocenters. The summed E-state index contributed by atoms with van der Waals surface area (Å²) in [6.07, 6.45) is 4.48. The minimum absolute atomic E-state index is 0.456. The molecule has 0 heterocycles. The predicted molar refractivity (Wildman–Crippen MR) is 119 cm³/mol. The van der Waals surface area contributed by atoms with Crippen LogP contribution >= 0.6 is 23.2 Å². The SMILES string of the molecule is CC1=Cc2c(C)cccc2C1(Cl)C(C)(C)C1(Cl)C(C)=Cc2c(C)cccc21. The van der Waals surface area contributed by atoms with E-state index in [0.29, 0.717) is 0 Å². The maximum Gasteiger partial charge on any atom is 0.0984 e. The number of aryl methyl sites for hydroxylation is 2. The van der Waals surface area contributed by atoms with Crippen molar-refractivity contribution < 1.29 is 0 Å². The average molecular weight is 397 g/mol. The summed E-state index contributed by atoms with van der Waals surface area (Å²) < 4.78 is 0. The average Bonchev–Trinajstić information content (AvgIpc) is 3.05. The van der Waals surface area contributed by atoms with Crippen LogP contribution in [0.15, 0.2) is 47.5 Å². The number of hydrogen-bond donors (Lipinski definition) is 0. The zero-order valence-corrected chi connectivity index (χ0v) is 18.4. The molecule has 0 saturated carbocycles. The van der Waals surface area contributed by atoms with Crippen molar-refractivity contribution in [1.82, 2.24) is 0 Å². The summed E-state index contributed by atoms with van der Waals surface area (Å²) in [6.45, 7) is 13.0. The van der Waals surface area contributed by atoms with Gasteiger partial charge in [-0.05, 0) is 72.2 Å². The highest BCUT2D eigenvalue weighted by Gasteiger charge is 2.62. The summed E-state index contributed by atoms with van der Waals surface area (Å²) in [5.41, 5.74) is 9.18. The van der Waals surface area contributed by atoms with Gasteiger partial charge in [-0.2, -0.15) is 0 Å². The number of alkyl halides is 2. The van der Waals surface area contributed by atoms with Crippen molar-refractivity contribution in [1.29, 1.82) is 0 Å². The second-order valence-corrected chi connectivity index (χ2v) is 9.80. The molecule has 2 aromatic carbocycles. The van der Waals surface area contributed by atoms with E-state index in [2.05, 4.69) is 90.1 Å². The van der Waals surface area contributed by atoms with E-state index in [9.17, 15) is 0 Å². The fourth-order valence-corrected chi connectivity index (χ4v) is 6.07. The lowest BCUT2D eigenvalue weighted by atomic mass is 9.61. The Kier molecular flexibility index (Phi) is 4.01. The molecule has 2 atom stereocenters. The Balaban J connectivity index is 1.99. The summed E-state index contributed by atoms with van der Waals surface area (Å²) in [6, 6.07) is 12.8.